The van der Waals surface area contributed by atoms with Gasteiger partial charge in [-0.05, 0) is 32.1 Å². The van der Waals surface area contributed by atoms with Gasteiger partial charge in [-0.3, -0.25) is 0 Å². The first-order valence-corrected chi connectivity index (χ1v) is 15.1. The largest absolute Gasteiger partial charge is 1.00 e. The molecule has 0 heterocycles. The lowest BCUT2D eigenvalue weighted by Crippen LogP contribution is -3.00. The van der Waals surface area contributed by atoms with Crippen molar-refractivity contribution in [3.05, 3.63) is 0 Å². The molecule has 0 aromatic rings. The first kappa shape index (κ1) is 34.4. The predicted octanol–water partition coefficient (Wildman–Crippen LogP) is 7.47. The molecule has 0 rings (SSSR count). The molecule has 0 saturated heterocycles. The number of nitrogens with zero attached hydrogens (tertiary/aromatic N) is 1. The normalized spacial score (nSPS) is 11.6. The van der Waals surface area contributed by atoms with Crippen LogP contribution in [-0.2, 0) is 0 Å². The van der Waals surface area contributed by atoms with Crippen molar-refractivity contribution in [3.63, 3.8) is 0 Å². The predicted molar refractivity (Wildman–Crippen MR) is 144 cm³/mol. The van der Waals surface area contributed by atoms with Crippen molar-refractivity contribution in [2.24, 2.45) is 0 Å². The van der Waals surface area contributed by atoms with E-state index in [0.29, 0.717) is 0 Å². The summed E-state index contributed by atoms with van der Waals surface area (Å²) in [6.07, 6.45) is 31.9. The van der Waals surface area contributed by atoms with E-state index in [4.69, 9.17) is 0 Å². The summed E-state index contributed by atoms with van der Waals surface area (Å²) in [4.78, 5) is 0. The van der Waals surface area contributed by atoms with Crippen LogP contribution in [0.15, 0.2) is 0 Å². The molecule has 0 amide bonds. The van der Waals surface area contributed by atoms with Crippen molar-refractivity contribution in [3.8, 4) is 0 Å². The zero-order chi connectivity index (χ0) is 22.9. The molecule has 196 valence electrons. The molecule has 0 aliphatic rings. The molecular weight excluding hydrogens is 410 g/mol. The van der Waals surface area contributed by atoms with E-state index in [1.54, 1.807) is 0 Å². The number of quaternary nitrogens is 1. The molecule has 0 spiro atoms. The van der Waals surface area contributed by atoms with E-state index in [-0.39, 0.29) is 12.4 Å². The second-order valence-electron chi connectivity index (χ2n) is 10.6. The molecule has 1 nitrogen and oxygen atoms in total. The highest BCUT2D eigenvalue weighted by atomic mass is 35.5. The Kier molecular flexibility index (Phi) is 29.6. The maximum atomic E-state index is 2.36. The molecule has 32 heavy (non-hydrogen) atoms. The molecule has 0 unspecified atom stereocenters. The molecule has 0 aromatic heterocycles. The minimum atomic E-state index is 0. The van der Waals surface area contributed by atoms with E-state index < -0.39 is 0 Å². The van der Waals surface area contributed by atoms with Gasteiger partial charge in [-0.1, -0.05) is 137 Å². The molecule has 0 saturated carbocycles. The van der Waals surface area contributed by atoms with Crippen LogP contribution in [0.25, 0.3) is 0 Å². The van der Waals surface area contributed by atoms with Crippen LogP contribution in [-0.4, -0.2) is 30.7 Å². The highest BCUT2D eigenvalue weighted by Gasteiger charge is 2.24. The number of hydrogen-bond donors (Lipinski definition) is 0. The Morgan fingerprint density at radius 2 is 0.500 bits per heavy atom. The number of unbranched alkanes of at least 4 members (excludes halogenated alkanes) is 18. The van der Waals surface area contributed by atoms with Crippen LogP contribution in [0, 0.1) is 0 Å². The van der Waals surface area contributed by atoms with Gasteiger partial charge in [-0.25, -0.2) is 0 Å². The van der Waals surface area contributed by atoms with E-state index >= 15 is 0 Å². The van der Waals surface area contributed by atoms with Gasteiger partial charge >= 0.3 is 0 Å². The van der Waals surface area contributed by atoms with Crippen molar-refractivity contribution in [2.45, 2.75) is 169 Å². The molecule has 0 fully saturated rings. The topological polar surface area (TPSA) is 0 Å². The highest BCUT2D eigenvalue weighted by molar-refractivity contribution is 4.53. The van der Waals surface area contributed by atoms with Crippen LogP contribution in [0.4, 0.5) is 0 Å². The van der Waals surface area contributed by atoms with Crippen molar-refractivity contribution in [2.75, 3.05) is 26.2 Å². The van der Waals surface area contributed by atoms with Gasteiger partial charge in [0.1, 0.15) is 0 Å². The molecule has 0 bridgehead atoms. The third kappa shape index (κ3) is 22.1. The van der Waals surface area contributed by atoms with Crippen LogP contribution >= 0.6 is 0 Å². The fourth-order valence-corrected chi connectivity index (χ4v) is 5.15. The number of hydrogen-bond acceptors (Lipinski definition) is 0. The summed E-state index contributed by atoms with van der Waals surface area (Å²) in [5, 5.41) is 0. The first-order chi connectivity index (χ1) is 15.2. The molecule has 0 aliphatic carbocycles. The third-order valence-electron chi connectivity index (χ3n) is 7.44. The van der Waals surface area contributed by atoms with Gasteiger partial charge in [0.15, 0.2) is 0 Å². The molecule has 0 aromatic carbocycles. The van der Waals surface area contributed by atoms with Crippen molar-refractivity contribution in [1.29, 1.82) is 0 Å². The Bertz CT molecular complexity index is 309. The van der Waals surface area contributed by atoms with Crippen LogP contribution in [0.2, 0.25) is 0 Å². The summed E-state index contributed by atoms with van der Waals surface area (Å²) in [6, 6.07) is 0. The molecule has 0 aliphatic heterocycles. The minimum absolute atomic E-state index is 0. The van der Waals surface area contributed by atoms with Gasteiger partial charge in [-0.2, -0.15) is 0 Å². The molecule has 2 heteroatoms. The Hall–Kier alpha value is 0.250. The summed E-state index contributed by atoms with van der Waals surface area (Å²) in [5.41, 5.74) is 0. The standard InChI is InChI=1S/C30H64N.ClH/c1-5-9-13-14-15-16-17-18-19-20-21-22-23-24-25-26-30-31(27-10-6-2,28-11-7-3)29-12-8-4;/h5-30H2,1-4H3;1H/q+1;/p-1. The maximum Gasteiger partial charge on any atom is 0.0786 e. The minimum Gasteiger partial charge on any atom is -1.00 e. The molecule has 0 N–H and O–H groups in total. The average molecular weight is 474 g/mol. The lowest BCUT2D eigenvalue weighted by Gasteiger charge is -2.39. The van der Waals surface area contributed by atoms with E-state index in [9.17, 15) is 0 Å². The van der Waals surface area contributed by atoms with Gasteiger partial charge in [0.25, 0.3) is 0 Å². The summed E-state index contributed by atoms with van der Waals surface area (Å²) >= 11 is 0. The average Bonchev–Trinajstić information content (AvgIpc) is 2.79. The SMILES string of the molecule is CCCCCCCCCCCCCCCCCC[N+](CCCC)(CCCC)CCCC.[Cl-]. The van der Waals surface area contributed by atoms with E-state index in [1.807, 2.05) is 0 Å². The molecular formula is C30H64ClN. The van der Waals surface area contributed by atoms with E-state index in [1.165, 1.54) is 172 Å². The third-order valence-corrected chi connectivity index (χ3v) is 7.44. The second kappa shape index (κ2) is 27.5. The summed E-state index contributed by atoms with van der Waals surface area (Å²) in [7, 11) is 0. The van der Waals surface area contributed by atoms with Crippen LogP contribution in [0.3, 0.4) is 0 Å². The smallest absolute Gasteiger partial charge is 0.0786 e. The van der Waals surface area contributed by atoms with Crippen molar-refractivity contribution in [1.82, 2.24) is 0 Å². The van der Waals surface area contributed by atoms with Gasteiger partial charge in [0, 0.05) is 0 Å². The maximum absolute atomic E-state index is 2.36. The molecule has 0 atom stereocenters. The van der Waals surface area contributed by atoms with E-state index in [0.717, 1.165) is 0 Å². The van der Waals surface area contributed by atoms with Crippen molar-refractivity contribution >= 4 is 0 Å². The Balaban J connectivity index is 0. The summed E-state index contributed by atoms with van der Waals surface area (Å²) in [5.74, 6) is 0. The Labute approximate surface area is 211 Å². The van der Waals surface area contributed by atoms with Gasteiger partial charge in [0.2, 0.25) is 0 Å². The Morgan fingerprint density at radius 1 is 0.281 bits per heavy atom. The fraction of sp³-hybridized carbons (Fsp3) is 1.00. The lowest BCUT2D eigenvalue weighted by atomic mass is 10.0. The monoisotopic (exact) mass is 473 g/mol. The van der Waals surface area contributed by atoms with Crippen LogP contribution < -0.4 is 12.4 Å². The van der Waals surface area contributed by atoms with Crippen molar-refractivity contribution < 1.29 is 16.9 Å². The second-order valence-corrected chi connectivity index (χ2v) is 10.6. The van der Waals surface area contributed by atoms with Gasteiger partial charge in [0.05, 0.1) is 26.2 Å². The van der Waals surface area contributed by atoms with Crippen LogP contribution in [0.5, 0.6) is 0 Å². The van der Waals surface area contributed by atoms with Gasteiger partial charge in [-0.15, -0.1) is 0 Å². The summed E-state index contributed by atoms with van der Waals surface area (Å²) in [6.45, 7) is 15.2. The quantitative estimate of drug-likeness (QED) is 0.0902. The molecule has 0 radical (unpaired) electrons. The zero-order valence-corrected chi connectivity index (χ0v) is 24.0. The van der Waals surface area contributed by atoms with Gasteiger partial charge < -0.3 is 16.9 Å². The zero-order valence-electron chi connectivity index (χ0n) is 23.2. The lowest BCUT2D eigenvalue weighted by molar-refractivity contribution is -0.929. The Morgan fingerprint density at radius 3 is 0.781 bits per heavy atom. The van der Waals surface area contributed by atoms with E-state index in [2.05, 4.69) is 27.7 Å². The highest BCUT2D eigenvalue weighted by Crippen LogP contribution is 2.18. The fourth-order valence-electron chi connectivity index (χ4n) is 5.15. The summed E-state index contributed by atoms with van der Waals surface area (Å²) < 4.78 is 1.44. The number of rotatable bonds is 26. The first-order valence-electron chi connectivity index (χ1n) is 15.1. The van der Waals surface area contributed by atoms with Crippen LogP contribution in [0.1, 0.15) is 169 Å². The number of halogens is 1.